The van der Waals surface area contributed by atoms with E-state index < -0.39 is 0 Å². The lowest BCUT2D eigenvalue weighted by molar-refractivity contribution is -0.117. The van der Waals surface area contributed by atoms with Crippen LogP contribution in [0.5, 0.6) is 0 Å². The average molecular weight is 581 g/mol. The van der Waals surface area contributed by atoms with E-state index in [1.54, 1.807) is 12.1 Å². The summed E-state index contributed by atoms with van der Waals surface area (Å²) >= 11 is 9.75. The molecule has 190 valence electrons. The molecule has 5 rings (SSSR count). The van der Waals surface area contributed by atoms with Crippen molar-refractivity contribution in [3.8, 4) is 0 Å². The number of anilines is 3. The Kier molecular flexibility index (Phi) is 7.62. The molecule has 0 aliphatic carbocycles. The van der Waals surface area contributed by atoms with E-state index in [2.05, 4.69) is 48.7 Å². The van der Waals surface area contributed by atoms with E-state index in [9.17, 15) is 9.59 Å². The molecule has 3 aromatic rings. The minimum Gasteiger partial charge on any atom is -0.354 e. The van der Waals surface area contributed by atoms with Crippen LogP contribution in [0.15, 0.2) is 71.2 Å². The van der Waals surface area contributed by atoms with Crippen LogP contribution in [0.4, 0.5) is 17.1 Å². The Morgan fingerprint density at radius 1 is 1.00 bits per heavy atom. The number of hydrogen-bond donors (Lipinski definition) is 3. The summed E-state index contributed by atoms with van der Waals surface area (Å²) in [5, 5.41) is 9.93. The first-order valence-corrected chi connectivity index (χ1v) is 13.2. The van der Waals surface area contributed by atoms with Gasteiger partial charge in [-0.1, -0.05) is 48.0 Å². The maximum absolute atomic E-state index is 13.1. The molecular formula is C28H27BrClN5O2. The number of nitrogens with one attached hydrogen (secondary N) is 3. The monoisotopic (exact) mass is 579 g/mol. The summed E-state index contributed by atoms with van der Waals surface area (Å²) in [6, 6.07) is 20.7. The lowest BCUT2D eigenvalue weighted by Crippen LogP contribution is -2.47. The summed E-state index contributed by atoms with van der Waals surface area (Å²) in [6.07, 6.45) is 0. The Labute approximate surface area is 229 Å². The van der Waals surface area contributed by atoms with Gasteiger partial charge in [0, 0.05) is 46.9 Å². The van der Waals surface area contributed by atoms with Crippen molar-refractivity contribution in [3.05, 3.63) is 87.4 Å². The highest BCUT2D eigenvalue weighted by Crippen LogP contribution is 2.39. The molecular weight excluding hydrogens is 554 g/mol. The molecule has 7 nitrogen and oxygen atoms in total. The predicted molar refractivity (Wildman–Crippen MR) is 154 cm³/mol. The molecule has 2 heterocycles. The molecule has 0 aromatic heterocycles. The van der Waals surface area contributed by atoms with Gasteiger partial charge in [-0.15, -0.1) is 0 Å². The van der Waals surface area contributed by atoms with E-state index >= 15 is 0 Å². The van der Waals surface area contributed by atoms with Gasteiger partial charge in [-0.25, -0.2) is 0 Å². The van der Waals surface area contributed by atoms with Crippen molar-refractivity contribution in [1.29, 1.82) is 0 Å². The molecule has 2 aliphatic rings. The summed E-state index contributed by atoms with van der Waals surface area (Å²) in [6.45, 7) is 4.06. The van der Waals surface area contributed by atoms with Crippen molar-refractivity contribution in [3.63, 3.8) is 0 Å². The van der Waals surface area contributed by atoms with Gasteiger partial charge in [0.1, 0.15) is 0 Å². The van der Waals surface area contributed by atoms with Crippen LogP contribution in [0.2, 0.25) is 5.02 Å². The van der Waals surface area contributed by atoms with Crippen molar-refractivity contribution in [2.24, 2.45) is 0 Å². The van der Waals surface area contributed by atoms with Crippen LogP contribution < -0.4 is 16.0 Å². The number of piperazine rings is 1. The summed E-state index contributed by atoms with van der Waals surface area (Å²) in [5.41, 5.74) is 5.02. The van der Waals surface area contributed by atoms with Crippen LogP contribution in [0.25, 0.3) is 11.3 Å². The number of nitrogens with zero attached hydrogens (tertiary/aromatic N) is 2. The summed E-state index contributed by atoms with van der Waals surface area (Å²) in [5.74, 6) is -0.244. The van der Waals surface area contributed by atoms with E-state index in [1.807, 2.05) is 54.6 Å². The van der Waals surface area contributed by atoms with E-state index in [0.29, 0.717) is 34.2 Å². The Bertz CT molecular complexity index is 1370. The number of carbonyl (C=O) groups excluding carboxylic acids is 2. The van der Waals surface area contributed by atoms with Gasteiger partial charge in [0.25, 0.3) is 5.91 Å². The van der Waals surface area contributed by atoms with E-state index in [4.69, 9.17) is 11.6 Å². The first-order valence-electron chi connectivity index (χ1n) is 12.1. The first-order chi connectivity index (χ1) is 17.9. The molecule has 0 unspecified atom stereocenters. The van der Waals surface area contributed by atoms with E-state index in [0.717, 1.165) is 47.5 Å². The molecule has 0 bridgehead atoms. The Morgan fingerprint density at radius 2 is 1.76 bits per heavy atom. The maximum Gasteiger partial charge on any atom is 0.258 e. The number of hydrogen-bond acceptors (Lipinski definition) is 5. The fraction of sp³-hybridized carbons (Fsp3) is 0.214. The summed E-state index contributed by atoms with van der Waals surface area (Å²) in [7, 11) is 2.09. The second-order valence-corrected chi connectivity index (χ2v) is 10.5. The molecule has 2 aliphatic heterocycles. The minimum absolute atomic E-state index is 0.0454. The molecule has 3 N–H and O–H groups in total. The fourth-order valence-corrected chi connectivity index (χ4v) is 5.16. The van der Waals surface area contributed by atoms with Crippen molar-refractivity contribution >= 4 is 67.7 Å². The topological polar surface area (TPSA) is 76.7 Å². The number of likely N-dealkylation sites (N-methyl/N-ethyl adjacent to an activating group) is 1. The Hall–Kier alpha value is -3.17. The molecule has 1 fully saturated rings. The molecule has 3 aromatic carbocycles. The van der Waals surface area contributed by atoms with Gasteiger partial charge in [-0.05, 0) is 58.9 Å². The molecule has 1 saturated heterocycles. The third-order valence-corrected chi connectivity index (χ3v) is 7.41. The van der Waals surface area contributed by atoms with Gasteiger partial charge in [0.15, 0.2) is 0 Å². The van der Waals surface area contributed by atoms with Crippen LogP contribution in [0.3, 0.4) is 0 Å². The van der Waals surface area contributed by atoms with Crippen molar-refractivity contribution in [2.45, 2.75) is 0 Å². The largest absolute Gasteiger partial charge is 0.354 e. The second kappa shape index (κ2) is 11.1. The van der Waals surface area contributed by atoms with Gasteiger partial charge in [-0.3, -0.25) is 14.5 Å². The van der Waals surface area contributed by atoms with Crippen molar-refractivity contribution < 1.29 is 9.59 Å². The van der Waals surface area contributed by atoms with Crippen molar-refractivity contribution in [2.75, 3.05) is 55.7 Å². The normalized spacial score (nSPS) is 17.2. The average Bonchev–Trinajstić information content (AvgIpc) is 3.20. The third-order valence-electron chi connectivity index (χ3n) is 6.51. The third kappa shape index (κ3) is 5.88. The Morgan fingerprint density at radius 3 is 2.49 bits per heavy atom. The van der Waals surface area contributed by atoms with E-state index in [-0.39, 0.29) is 11.8 Å². The number of rotatable bonds is 6. The fourth-order valence-electron chi connectivity index (χ4n) is 4.51. The van der Waals surface area contributed by atoms with Gasteiger partial charge in [-0.2, -0.15) is 0 Å². The van der Waals surface area contributed by atoms with Gasteiger partial charge < -0.3 is 20.9 Å². The molecule has 0 spiro atoms. The zero-order valence-corrected chi connectivity index (χ0v) is 22.7. The number of fused-ring (bicyclic) bond motifs is 1. The zero-order chi connectivity index (χ0) is 25.9. The highest BCUT2D eigenvalue weighted by atomic mass is 79.9. The Balaban J connectivity index is 1.39. The number of halogens is 2. The lowest BCUT2D eigenvalue weighted by atomic mass is 10.00. The van der Waals surface area contributed by atoms with Crippen LogP contribution in [0, 0.1) is 0 Å². The predicted octanol–water partition coefficient (Wildman–Crippen LogP) is 5.22. The van der Waals surface area contributed by atoms with Crippen LogP contribution in [0.1, 0.15) is 11.1 Å². The minimum atomic E-state index is -0.199. The summed E-state index contributed by atoms with van der Waals surface area (Å²) in [4.78, 5) is 30.1. The smallest absolute Gasteiger partial charge is 0.258 e. The second-order valence-electron chi connectivity index (χ2n) is 9.21. The van der Waals surface area contributed by atoms with Gasteiger partial charge >= 0.3 is 0 Å². The van der Waals surface area contributed by atoms with Crippen LogP contribution in [-0.4, -0.2) is 61.4 Å². The standard InChI is InChI=1S/C28H27BrClN5O2/c1-34-11-13-35(14-12-34)17-25(36)32-23-10-8-20(16-22(23)29)31-27(18-5-3-2-4-6-18)26-21-9-7-19(30)15-24(21)33-28(26)37/h2-10,15-16,31H,11-14,17H2,1H3,(H,32,36)(H,33,37). The maximum atomic E-state index is 13.1. The number of benzene rings is 3. The SMILES string of the molecule is CN1CCN(CC(=O)Nc2ccc(NC(=C3C(=O)Nc4cc(Cl)ccc43)c3ccccc3)cc2Br)CC1. The molecule has 0 radical (unpaired) electrons. The van der Waals surface area contributed by atoms with E-state index in [1.165, 1.54) is 0 Å². The number of carbonyl (C=O) groups is 2. The highest BCUT2D eigenvalue weighted by Gasteiger charge is 2.28. The van der Waals surface area contributed by atoms with Crippen LogP contribution in [-0.2, 0) is 9.59 Å². The molecule has 37 heavy (non-hydrogen) atoms. The van der Waals surface area contributed by atoms with Gasteiger partial charge in [0.05, 0.1) is 29.2 Å². The molecule has 0 atom stereocenters. The first kappa shape index (κ1) is 25.5. The van der Waals surface area contributed by atoms with Crippen LogP contribution >= 0.6 is 27.5 Å². The summed E-state index contributed by atoms with van der Waals surface area (Å²) < 4.78 is 0.740. The van der Waals surface area contributed by atoms with Gasteiger partial charge in [0.2, 0.25) is 5.91 Å². The zero-order valence-electron chi connectivity index (χ0n) is 20.4. The molecule has 2 amide bonds. The molecule has 0 saturated carbocycles. The lowest BCUT2D eigenvalue weighted by Gasteiger charge is -2.31. The van der Waals surface area contributed by atoms with Crippen molar-refractivity contribution in [1.82, 2.24) is 9.80 Å². The highest BCUT2D eigenvalue weighted by molar-refractivity contribution is 9.10. The molecule has 9 heteroatoms. The quantitative estimate of drug-likeness (QED) is 0.349. The number of amides is 2.